The van der Waals surface area contributed by atoms with E-state index < -0.39 is 5.41 Å². The van der Waals surface area contributed by atoms with Gasteiger partial charge in [0.15, 0.2) is 0 Å². The molecule has 0 saturated heterocycles. The summed E-state index contributed by atoms with van der Waals surface area (Å²) in [5.74, 6) is -0.440. The lowest BCUT2D eigenvalue weighted by Crippen LogP contribution is -2.45. The number of rotatable bonds is 4. The molecular formula is C15H20ClNO2. The number of amides is 1. The molecule has 0 N–H and O–H groups in total. The van der Waals surface area contributed by atoms with Crippen LogP contribution in [0.15, 0.2) is 24.3 Å². The van der Waals surface area contributed by atoms with Crippen molar-refractivity contribution in [2.24, 2.45) is 11.3 Å². The summed E-state index contributed by atoms with van der Waals surface area (Å²) in [6.07, 6.45) is 0. The predicted octanol–water partition coefficient (Wildman–Crippen LogP) is 3.55. The molecule has 1 aromatic rings. The summed E-state index contributed by atoms with van der Waals surface area (Å²) in [6.45, 7) is 6.95. The Labute approximate surface area is 119 Å². The highest BCUT2D eigenvalue weighted by Gasteiger charge is 2.39. The number of Topliss-reactive ketones (excluding diaryl/α,β-unsaturated/α-hetero) is 1. The van der Waals surface area contributed by atoms with Gasteiger partial charge >= 0.3 is 0 Å². The van der Waals surface area contributed by atoms with E-state index in [2.05, 4.69) is 0 Å². The van der Waals surface area contributed by atoms with Gasteiger partial charge < -0.3 is 4.90 Å². The lowest BCUT2D eigenvalue weighted by molar-refractivity contribution is -0.140. The van der Waals surface area contributed by atoms with Gasteiger partial charge in [0.05, 0.1) is 0 Å². The smallest absolute Gasteiger partial charge is 0.239 e. The van der Waals surface area contributed by atoms with E-state index in [1.807, 2.05) is 0 Å². The fourth-order valence-corrected chi connectivity index (χ4v) is 2.15. The van der Waals surface area contributed by atoms with Crippen LogP contribution in [-0.4, -0.2) is 18.7 Å². The quantitative estimate of drug-likeness (QED) is 0.792. The van der Waals surface area contributed by atoms with Crippen molar-refractivity contribution >= 4 is 29.0 Å². The molecular weight excluding hydrogens is 262 g/mol. The van der Waals surface area contributed by atoms with Crippen molar-refractivity contribution < 1.29 is 9.59 Å². The van der Waals surface area contributed by atoms with E-state index >= 15 is 0 Å². The number of benzene rings is 1. The fourth-order valence-electron chi connectivity index (χ4n) is 2.03. The van der Waals surface area contributed by atoms with E-state index in [1.54, 1.807) is 59.0 Å². The Bertz CT molecular complexity index is 477. The highest BCUT2D eigenvalue weighted by atomic mass is 35.5. The number of nitrogens with zero attached hydrogens (tertiary/aromatic N) is 1. The average Bonchev–Trinajstić information content (AvgIpc) is 2.36. The van der Waals surface area contributed by atoms with Crippen LogP contribution in [0.1, 0.15) is 27.7 Å². The summed E-state index contributed by atoms with van der Waals surface area (Å²) >= 11 is 5.82. The summed E-state index contributed by atoms with van der Waals surface area (Å²) < 4.78 is 0. The van der Waals surface area contributed by atoms with Gasteiger partial charge in [-0.25, -0.2) is 0 Å². The van der Waals surface area contributed by atoms with Crippen LogP contribution in [0.3, 0.4) is 0 Å². The van der Waals surface area contributed by atoms with Crippen LogP contribution in [-0.2, 0) is 9.59 Å². The fraction of sp³-hybridized carbons (Fsp3) is 0.467. The second-order valence-corrected chi connectivity index (χ2v) is 5.92. The molecule has 0 heterocycles. The molecule has 0 spiro atoms. The van der Waals surface area contributed by atoms with Gasteiger partial charge in [0.2, 0.25) is 5.91 Å². The predicted molar refractivity (Wildman–Crippen MR) is 78.5 cm³/mol. The number of hydrogen-bond donors (Lipinski definition) is 0. The first kappa shape index (κ1) is 15.7. The Morgan fingerprint density at radius 3 is 2.05 bits per heavy atom. The molecule has 3 nitrogen and oxygen atoms in total. The summed E-state index contributed by atoms with van der Waals surface area (Å²) in [4.78, 5) is 26.1. The van der Waals surface area contributed by atoms with Gasteiger partial charge in [0.25, 0.3) is 0 Å². The van der Waals surface area contributed by atoms with E-state index in [4.69, 9.17) is 11.6 Å². The van der Waals surface area contributed by atoms with Gasteiger partial charge in [0.1, 0.15) is 11.2 Å². The van der Waals surface area contributed by atoms with Crippen molar-refractivity contribution in [2.75, 3.05) is 11.9 Å². The molecule has 0 aromatic heterocycles. The Morgan fingerprint density at radius 1 is 1.16 bits per heavy atom. The van der Waals surface area contributed by atoms with E-state index in [0.29, 0.717) is 5.02 Å². The van der Waals surface area contributed by atoms with Crippen LogP contribution in [0.5, 0.6) is 0 Å². The molecule has 19 heavy (non-hydrogen) atoms. The van der Waals surface area contributed by atoms with Gasteiger partial charge in [-0.05, 0) is 38.1 Å². The molecule has 1 amide bonds. The van der Waals surface area contributed by atoms with Crippen LogP contribution in [0.2, 0.25) is 5.02 Å². The van der Waals surface area contributed by atoms with E-state index in [1.165, 1.54) is 4.90 Å². The minimum absolute atomic E-state index is 0.0571. The number of anilines is 1. The number of carbonyl (C=O) groups is 2. The standard InChI is InChI=1S/C15H20ClNO2/c1-10(2)13(18)15(3,4)14(19)17(5)12-8-6-11(16)7-9-12/h6-10H,1-5H3. The molecule has 0 aliphatic rings. The molecule has 0 fully saturated rings. The third-order valence-electron chi connectivity index (χ3n) is 3.19. The third kappa shape index (κ3) is 3.35. The first-order valence-electron chi connectivity index (χ1n) is 6.26. The van der Waals surface area contributed by atoms with E-state index in [0.717, 1.165) is 5.69 Å². The zero-order valence-corrected chi connectivity index (χ0v) is 12.8. The van der Waals surface area contributed by atoms with Crippen LogP contribution in [0.25, 0.3) is 0 Å². The van der Waals surface area contributed by atoms with Gasteiger partial charge in [-0.15, -0.1) is 0 Å². The normalized spacial score (nSPS) is 11.5. The molecule has 0 radical (unpaired) electrons. The molecule has 1 aromatic carbocycles. The summed E-state index contributed by atoms with van der Waals surface area (Å²) in [7, 11) is 1.67. The second kappa shape index (κ2) is 5.74. The van der Waals surface area contributed by atoms with Crippen LogP contribution in [0.4, 0.5) is 5.69 Å². The second-order valence-electron chi connectivity index (χ2n) is 5.48. The molecule has 0 unspecified atom stereocenters. The van der Waals surface area contributed by atoms with E-state index in [9.17, 15) is 9.59 Å². The van der Waals surface area contributed by atoms with Crippen LogP contribution < -0.4 is 4.90 Å². The minimum atomic E-state index is -1.03. The van der Waals surface area contributed by atoms with Crippen LogP contribution >= 0.6 is 11.6 Å². The molecule has 0 atom stereocenters. The van der Waals surface area contributed by atoms with Crippen molar-refractivity contribution in [3.05, 3.63) is 29.3 Å². The average molecular weight is 282 g/mol. The molecule has 0 aliphatic heterocycles. The summed E-state index contributed by atoms with van der Waals surface area (Å²) in [6, 6.07) is 6.96. The number of carbonyl (C=O) groups excluding carboxylic acids is 2. The van der Waals surface area contributed by atoms with Gasteiger partial charge in [-0.2, -0.15) is 0 Å². The third-order valence-corrected chi connectivity index (χ3v) is 3.45. The first-order valence-corrected chi connectivity index (χ1v) is 6.63. The van der Waals surface area contributed by atoms with Crippen molar-refractivity contribution in [2.45, 2.75) is 27.7 Å². The molecule has 4 heteroatoms. The number of halogens is 1. The molecule has 104 valence electrons. The van der Waals surface area contributed by atoms with Gasteiger partial charge in [0, 0.05) is 23.7 Å². The summed E-state index contributed by atoms with van der Waals surface area (Å²) in [5.41, 5.74) is -0.304. The lowest BCUT2D eigenvalue weighted by Gasteiger charge is -2.29. The molecule has 0 saturated carbocycles. The van der Waals surface area contributed by atoms with E-state index in [-0.39, 0.29) is 17.6 Å². The van der Waals surface area contributed by atoms with Crippen molar-refractivity contribution in [1.29, 1.82) is 0 Å². The SMILES string of the molecule is CC(C)C(=O)C(C)(C)C(=O)N(C)c1ccc(Cl)cc1. The minimum Gasteiger partial charge on any atom is -0.315 e. The van der Waals surface area contributed by atoms with Gasteiger partial charge in [-0.3, -0.25) is 9.59 Å². The molecule has 0 aliphatic carbocycles. The van der Waals surface area contributed by atoms with Crippen molar-refractivity contribution in [3.63, 3.8) is 0 Å². The van der Waals surface area contributed by atoms with Crippen molar-refractivity contribution in [3.8, 4) is 0 Å². The Balaban J connectivity index is 2.99. The largest absolute Gasteiger partial charge is 0.315 e. The molecule has 0 bridgehead atoms. The monoisotopic (exact) mass is 281 g/mol. The Hall–Kier alpha value is -1.35. The number of ketones is 1. The highest BCUT2D eigenvalue weighted by molar-refractivity contribution is 6.30. The maximum absolute atomic E-state index is 12.5. The Kier molecular flexibility index (Phi) is 4.75. The molecule has 1 rings (SSSR count). The van der Waals surface area contributed by atoms with Crippen LogP contribution in [0, 0.1) is 11.3 Å². The highest BCUT2D eigenvalue weighted by Crippen LogP contribution is 2.27. The number of hydrogen-bond acceptors (Lipinski definition) is 2. The first-order chi connectivity index (χ1) is 8.67. The summed E-state index contributed by atoms with van der Waals surface area (Å²) in [5, 5.41) is 0.613. The zero-order chi connectivity index (χ0) is 14.8. The zero-order valence-electron chi connectivity index (χ0n) is 12.0. The Morgan fingerprint density at radius 2 is 1.63 bits per heavy atom. The maximum atomic E-state index is 12.5. The maximum Gasteiger partial charge on any atom is 0.239 e. The van der Waals surface area contributed by atoms with Crippen molar-refractivity contribution in [1.82, 2.24) is 0 Å². The lowest BCUT2D eigenvalue weighted by atomic mass is 9.81. The topological polar surface area (TPSA) is 37.4 Å². The van der Waals surface area contributed by atoms with Gasteiger partial charge in [-0.1, -0.05) is 25.4 Å².